The molecule has 1 aliphatic heterocycles. The van der Waals surface area contributed by atoms with Crippen LogP contribution in [-0.2, 0) is 26.1 Å². The molecule has 0 saturated heterocycles. The number of aliphatic hydroxyl groups excluding tert-OH is 1. The number of hydrogen-bond donors (Lipinski definition) is 3. The zero-order valence-corrected chi connectivity index (χ0v) is 19.0. The van der Waals surface area contributed by atoms with Gasteiger partial charge in [0.1, 0.15) is 11.9 Å². The molecule has 172 valence electrons. The lowest BCUT2D eigenvalue weighted by atomic mass is 10.1. The maximum atomic E-state index is 12.7. The third kappa shape index (κ3) is 6.54. The van der Waals surface area contributed by atoms with E-state index < -0.39 is 34.9 Å². The van der Waals surface area contributed by atoms with Crippen molar-refractivity contribution in [3.8, 4) is 5.75 Å². The van der Waals surface area contributed by atoms with Crippen LogP contribution in [0.4, 0.5) is 0 Å². The van der Waals surface area contributed by atoms with E-state index in [4.69, 9.17) is 21.1 Å². The Hall–Kier alpha value is -2.43. The fraction of sp³-hybridized carbons (Fsp3) is 0.318. The van der Waals surface area contributed by atoms with Gasteiger partial charge in [-0.1, -0.05) is 42.0 Å². The number of nitrogens with one attached hydrogen (secondary N) is 2. The number of rotatable bonds is 9. The number of aliphatic hydroxyl groups is 1. The summed E-state index contributed by atoms with van der Waals surface area (Å²) in [5, 5.41) is 13.1. The molecule has 10 heteroatoms. The van der Waals surface area contributed by atoms with E-state index >= 15 is 0 Å². The number of hydrogen-bond acceptors (Lipinski definition) is 6. The van der Waals surface area contributed by atoms with Gasteiger partial charge in [0.05, 0.1) is 37.2 Å². The topological polar surface area (TPSA) is 114 Å². The number of amides is 1. The summed E-state index contributed by atoms with van der Waals surface area (Å²) in [6, 6.07) is 12.4. The quantitative estimate of drug-likeness (QED) is 0.473. The summed E-state index contributed by atoms with van der Waals surface area (Å²) in [5.41, 5.74) is 0.906. The lowest BCUT2D eigenvalue weighted by Crippen LogP contribution is -2.49. The van der Waals surface area contributed by atoms with Crippen LogP contribution >= 0.6 is 11.6 Å². The molecule has 3 rings (SSSR count). The second-order valence-corrected chi connectivity index (χ2v) is 9.36. The molecular weight excluding hydrogens is 456 g/mol. The highest BCUT2D eigenvalue weighted by atomic mass is 35.5. The average Bonchev–Trinajstić information content (AvgIpc) is 2.79. The summed E-state index contributed by atoms with van der Waals surface area (Å²) in [6.45, 7) is -0.0721. The molecule has 0 unspecified atom stereocenters. The summed E-state index contributed by atoms with van der Waals surface area (Å²) in [7, 11) is -2.43. The molecule has 2 aromatic rings. The minimum atomic E-state index is -3.88. The predicted octanol–water partition coefficient (Wildman–Crippen LogP) is 2.02. The van der Waals surface area contributed by atoms with Gasteiger partial charge in [-0.2, -0.15) is 0 Å². The number of ether oxygens (including phenoxy) is 2. The zero-order valence-electron chi connectivity index (χ0n) is 17.4. The summed E-state index contributed by atoms with van der Waals surface area (Å²) in [6.07, 6.45) is 1.83. The van der Waals surface area contributed by atoms with Crippen LogP contribution in [0.1, 0.15) is 12.0 Å². The molecule has 0 radical (unpaired) electrons. The molecule has 0 bridgehead atoms. The second kappa shape index (κ2) is 10.9. The smallest absolute Gasteiger partial charge is 0.241 e. The number of methoxy groups -OCH3 is 1. The van der Waals surface area contributed by atoms with Crippen LogP contribution < -0.4 is 14.8 Å². The van der Waals surface area contributed by atoms with E-state index in [-0.39, 0.29) is 17.2 Å². The Morgan fingerprint density at radius 2 is 1.94 bits per heavy atom. The second-order valence-electron chi connectivity index (χ2n) is 7.21. The van der Waals surface area contributed by atoms with Gasteiger partial charge in [-0.3, -0.25) is 4.79 Å². The molecule has 3 atom stereocenters. The van der Waals surface area contributed by atoms with E-state index in [1.165, 1.54) is 19.2 Å². The Morgan fingerprint density at radius 1 is 1.19 bits per heavy atom. The molecule has 0 aromatic heterocycles. The van der Waals surface area contributed by atoms with E-state index in [0.717, 1.165) is 5.56 Å². The Kier molecular flexibility index (Phi) is 8.27. The maximum absolute atomic E-state index is 12.7. The minimum absolute atomic E-state index is 0.0330. The minimum Gasteiger partial charge on any atom is -0.497 e. The molecule has 1 heterocycles. The van der Waals surface area contributed by atoms with Crippen LogP contribution in [0.15, 0.2) is 65.6 Å². The van der Waals surface area contributed by atoms with Crippen molar-refractivity contribution in [2.75, 3.05) is 13.7 Å². The fourth-order valence-electron chi connectivity index (χ4n) is 3.18. The van der Waals surface area contributed by atoms with Gasteiger partial charge < -0.3 is 19.9 Å². The van der Waals surface area contributed by atoms with E-state index in [1.807, 2.05) is 12.1 Å². The fourth-order valence-corrected chi connectivity index (χ4v) is 4.56. The number of halogens is 1. The molecule has 0 fully saturated rings. The molecule has 32 heavy (non-hydrogen) atoms. The van der Waals surface area contributed by atoms with E-state index in [1.54, 1.807) is 36.4 Å². The van der Waals surface area contributed by atoms with Crippen molar-refractivity contribution in [3.63, 3.8) is 0 Å². The maximum Gasteiger partial charge on any atom is 0.241 e. The SMILES string of the molecule is COc1cccc(S(=O)(=O)N[C@H]2C=C[C@H](CC(=O)NCc3ccc(Cl)cc3)O[C@H]2CO)c1. The van der Waals surface area contributed by atoms with E-state index in [0.29, 0.717) is 17.3 Å². The van der Waals surface area contributed by atoms with Crippen LogP contribution in [0.3, 0.4) is 0 Å². The molecule has 8 nitrogen and oxygen atoms in total. The van der Waals surface area contributed by atoms with Crippen molar-refractivity contribution in [2.45, 2.75) is 36.1 Å². The van der Waals surface area contributed by atoms with Crippen molar-refractivity contribution in [1.82, 2.24) is 10.0 Å². The van der Waals surface area contributed by atoms with Gasteiger partial charge in [-0.25, -0.2) is 13.1 Å². The molecule has 0 saturated carbocycles. The molecule has 0 aliphatic carbocycles. The van der Waals surface area contributed by atoms with Gasteiger partial charge in [-0.15, -0.1) is 0 Å². The summed E-state index contributed by atoms with van der Waals surface area (Å²) >= 11 is 5.85. The Morgan fingerprint density at radius 3 is 2.62 bits per heavy atom. The van der Waals surface area contributed by atoms with Crippen molar-refractivity contribution >= 4 is 27.5 Å². The summed E-state index contributed by atoms with van der Waals surface area (Å²) in [4.78, 5) is 12.3. The highest BCUT2D eigenvalue weighted by Crippen LogP contribution is 2.21. The highest BCUT2D eigenvalue weighted by molar-refractivity contribution is 7.89. The monoisotopic (exact) mass is 480 g/mol. The zero-order chi connectivity index (χ0) is 23.1. The van der Waals surface area contributed by atoms with Crippen molar-refractivity contribution in [1.29, 1.82) is 0 Å². The number of carbonyl (C=O) groups excluding carboxylic acids is 1. The molecule has 3 N–H and O–H groups in total. The standard InChI is InChI=1S/C22H25ClN2O6S/c1-30-17-3-2-4-19(11-17)32(28,29)25-20-10-9-18(31-21(20)14-26)12-22(27)24-13-15-5-7-16(23)8-6-15/h2-11,18,20-21,25-26H,12-14H2,1H3,(H,24,27)/t18-,20+,21+/m1/s1. The first-order chi connectivity index (χ1) is 15.3. The number of carbonyl (C=O) groups is 1. The number of sulfonamides is 1. The molecule has 1 amide bonds. The lowest BCUT2D eigenvalue weighted by Gasteiger charge is -2.31. The van der Waals surface area contributed by atoms with Gasteiger partial charge in [0.2, 0.25) is 15.9 Å². The van der Waals surface area contributed by atoms with E-state index in [2.05, 4.69) is 10.0 Å². The summed E-state index contributed by atoms with van der Waals surface area (Å²) in [5.74, 6) is 0.174. The Bertz CT molecular complexity index is 1060. The third-order valence-electron chi connectivity index (χ3n) is 4.90. The van der Waals surface area contributed by atoms with Gasteiger partial charge in [0.15, 0.2) is 0 Å². The lowest BCUT2D eigenvalue weighted by molar-refractivity contribution is -0.125. The van der Waals surface area contributed by atoms with Crippen molar-refractivity contribution in [3.05, 3.63) is 71.3 Å². The first-order valence-electron chi connectivity index (χ1n) is 9.93. The van der Waals surface area contributed by atoms with Crippen molar-refractivity contribution in [2.24, 2.45) is 0 Å². The Balaban J connectivity index is 1.59. The van der Waals surface area contributed by atoms with Crippen LogP contribution in [0.2, 0.25) is 5.02 Å². The van der Waals surface area contributed by atoms with Crippen LogP contribution in [0, 0.1) is 0 Å². The van der Waals surface area contributed by atoms with Crippen molar-refractivity contribution < 1.29 is 27.8 Å². The molecular formula is C22H25ClN2O6S. The van der Waals surface area contributed by atoms with Crippen LogP contribution in [0.25, 0.3) is 0 Å². The van der Waals surface area contributed by atoms with Crippen LogP contribution in [0.5, 0.6) is 5.75 Å². The van der Waals surface area contributed by atoms with Crippen LogP contribution in [-0.4, -0.2) is 51.4 Å². The molecule has 1 aliphatic rings. The summed E-state index contributed by atoms with van der Waals surface area (Å²) < 4.78 is 38.8. The number of benzene rings is 2. The van der Waals surface area contributed by atoms with Gasteiger partial charge in [0, 0.05) is 17.6 Å². The first kappa shape index (κ1) is 24.2. The molecule has 2 aromatic carbocycles. The average molecular weight is 481 g/mol. The predicted molar refractivity (Wildman–Crippen MR) is 120 cm³/mol. The first-order valence-corrected chi connectivity index (χ1v) is 11.8. The largest absolute Gasteiger partial charge is 0.497 e. The molecule has 0 spiro atoms. The third-order valence-corrected chi connectivity index (χ3v) is 6.60. The normalized spacial score (nSPS) is 20.7. The highest BCUT2D eigenvalue weighted by Gasteiger charge is 2.31. The van der Waals surface area contributed by atoms with E-state index in [9.17, 15) is 18.3 Å². The van der Waals surface area contributed by atoms with Gasteiger partial charge in [0.25, 0.3) is 0 Å². The van der Waals surface area contributed by atoms with Gasteiger partial charge >= 0.3 is 0 Å². The van der Waals surface area contributed by atoms with Gasteiger partial charge in [-0.05, 0) is 29.8 Å². The Labute approximate surface area is 192 Å².